The van der Waals surface area contributed by atoms with Gasteiger partial charge in [0.2, 0.25) is 10.0 Å². The summed E-state index contributed by atoms with van der Waals surface area (Å²) in [7, 11) is -1.81. The molecule has 0 aliphatic heterocycles. The zero-order chi connectivity index (χ0) is 20.9. The number of ether oxygens (including phenoxy) is 1. The second-order valence-corrected chi connectivity index (χ2v) is 9.08. The summed E-state index contributed by atoms with van der Waals surface area (Å²) in [6.07, 6.45) is 1.86. The fourth-order valence-electron chi connectivity index (χ4n) is 2.90. The van der Waals surface area contributed by atoms with E-state index in [4.69, 9.17) is 4.74 Å². The van der Waals surface area contributed by atoms with Crippen molar-refractivity contribution in [1.82, 2.24) is 5.32 Å². The maximum atomic E-state index is 12.8. The van der Waals surface area contributed by atoms with Gasteiger partial charge in [-0.2, -0.15) is 0 Å². The van der Waals surface area contributed by atoms with Gasteiger partial charge in [-0.15, -0.1) is 0 Å². The number of benzene rings is 2. The molecule has 152 valence electrons. The van der Waals surface area contributed by atoms with E-state index in [9.17, 15) is 13.2 Å². The molecular weight excluding hydrogens is 376 g/mol. The Kier molecular flexibility index (Phi) is 7.07. The Morgan fingerprint density at radius 1 is 1.11 bits per heavy atom. The molecule has 0 aliphatic carbocycles. The molecule has 0 heterocycles. The third-order valence-corrected chi connectivity index (χ3v) is 4.92. The van der Waals surface area contributed by atoms with Crippen LogP contribution in [0.1, 0.15) is 47.8 Å². The van der Waals surface area contributed by atoms with Crippen LogP contribution in [0.4, 0.5) is 5.69 Å². The highest BCUT2D eigenvalue weighted by atomic mass is 32.2. The van der Waals surface area contributed by atoms with Crippen molar-refractivity contribution in [2.75, 3.05) is 18.1 Å². The van der Waals surface area contributed by atoms with Crippen LogP contribution < -0.4 is 14.8 Å². The average Bonchev–Trinajstić information content (AvgIpc) is 2.61. The summed E-state index contributed by atoms with van der Waals surface area (Å²) in [5.41, 5.74) is 2.54. The highest BCUT2D eigenvalue weighted by Gasteiger charge is 2.18. The summed E-state index contributed by atoms with van der Waals surface area (Å²) in [5, 5.41) is 3.07. The van der Waals surface area contributed by atoms with Gasteiger partial charge in [0.1, 0.15) is 5.75 Å². The van der Waals surface area contributed by atoms with Gasteiger partial charge in [-0.25, -0.2) is 8.42 Å². The minimum absolute atomic E-state index is 0.161. The Hall–Kier alpha value is -2.54. The summed E-state index contributed by atoms with van der Waals surface area (Å²) < 4.78 is 30.8. The molecule has 0 spiro atoms. The number of carbonyl (C=O) groups is 1. The lowest BCUT2D eigenvalue weighted by molar-refractivity contribution is 0.0932. The minimum atomic E-state index is -3.42. The monoisotopic (exact) mass is 404 g/mol. The molecule has 2 N–H and O–H groups in total. The van der Waals surface area contributed by atoms with Crippen LogP contribution in [0.3, 0.4) is 0 Å². The quantitative estimate of drug-likeness (QED) is 0.699. The van der Waals surface area contributed by atoms with E-state index in [1.54, 1.807) is 32.2 Å². The van der Waals surface area contributed by atoms with E-state index in [1.165, 1.54) is 0 Å². The van der Waals surface area contributed by atoms with Crippen LogP contribution >= 0.6 is 0 Å². The third kappa shape index (κ3) is 6.27. The lowest BCUT2D eigenvalue weighted by Crippen LogP contribution is -2.29. The van der Waals surface area contributed by atoms with Gasteiger partial charge in [-0.05, 0) is 54.7 Å². The molecule has 0 saturated heterocycles. The zero-order valence-corrected chi connectivity index (χ0v) is 17.8. The molecule has 0 fully saturated rings. The molecule has 1 atom stereocenters. The van der Waals surface area contributed by atoms with Crippen molar-refractivity contribution < 1.29 is 17.9 Å². The van der Waals surface area contributed by atoms with Crippen LogP contribution in [0.2, 0.25) is 0 Å². The van der Waals surface area contributed by atoms with Crippen molar-refractivity contribution in [3.8, 4) is 5.75 Å². The molecule has 7 heteroatoms. The molecule has 28 heavy (non-hydrogen) atoms. The average molecular weight is 405 g/mol. The molecule has 0 saturated carbocycles. The van der Waals surface area contributed by atoms with E-state index in [0.717, 1.165) is 29.6 Å². The second-order valence-electron chi connectivity index (χ2n) is 7.33. The number of aryl methyl sites for hydroxylation is 1. The van der Waals surface area contributed by atoms with Crippen LogP contribution in [0.5, 0.6) is 5.75 Å². The van der Waals surface area contributed by atoms with Crippen molar-refractivity contribution in [2.24, 2.45) is 5.92 Å². The Balaban J connectivity index is 2.26. The summed E-state index contributed by atoms with van der Waals surface area (Å²) in [4.78, 5) is 12.8. The van der Waals surface area contributed by atoms with Crippen molar-refractivity contribution in [3.05, 3.63) is 59.2 Å². The van der Waals surface area contributed by atoms with E-state index < -0.39 is 10.0 Å². The largest absolute Gasteiger partial charge is 0.497 e. The highest BCUT2D eigenvalue weighted by Crippen LogP contribution is 2.25. The maximum Gasteiger partial charge on any atom is 0.251 e. The smallest absolute Gasteiger partial charge is 0.251 e. The summed E-state index contributed by atoms with van der Waals surface area (Å²) in [5.74, 6) is 0.888. The molecule has 6 nitrogen and oxygen atoms in total. The first-order valence-electron chi connectivity index (χ1n) is 9.12. The number of hydrogen-bond donors (Lipinski definition) is 2. The lowest BCUT2D eigenvalue weighted by Gasteiger charge is -2.22. The molecule has 0 aliphatic rings. The molecule has 2 aromatic rings. The molecule has 0 unspecified atom stereocenters. The number of methoxy groups -OCH3 is 1. The predicted molar refractivity (Wildman–Crippen MR) is 112 cm³/mol. The molecular formula is C21H28N2O4S. The van der Waals surface area contributed by atoms with E-state index in [2.05, 4.69) is 23.9 Å². The minimum Gasteiger partial charge on any atom is -0.497 e. The second kappa shape index (κ2) is 9.10. The topological polar surface area (TPSA) is 84.5 Å². The number of amides is 1. The first-order chi connectivity index (χ1) is 13.1. The normalized spacial score (nSPS) is 12.5. The zero-order valence-electron chi connectivity index (χ0n) is 16.9. The molecule has 0 bridgehead atoms. The fraction of sp³-hybridized carbons (Fsp3) is 0.381. The van der Waals surface area contributed by atoms with E-state index in [-0.39, 0.29) is 11.9 Å². The van der Waals surface area contributed by atoms with Crippen molar-refractivity contribution >= 4 is 21.6 Å². The van der Waals surface area contributed by atoms with Crippen molar-refractivity contribution in [2.45, 2.75) is 33.2 Å². The number of sulfonamides is 1. The van der Waals surface area contributed by atoms with Crippen molar-refractivity contribution in [3.63, 3.8) is 0 Å². The summed E-state index contributed by atoms with van der Waals surface area (Å²) in [6.45, 7) is 5.99. The Morgan fingerprint density at radius 3 is 2.29 bits per heavy atom. The van der Waals surface area contributed by atoms with Crippen LogP contribution in [0.15, 0.2) is 42.5 Å². The molecule has 1 amide bonds. The van der Waals surface area contributed by atoms with Crippen LogP contribution in [-0.2, 0) is 10.0 Å². The summed E-state index contributed by atoms with van der Waals surface area (Å²) >= 11 is 0. The predicted octanol–water partition coefficient (Wildman–Crippen LogP) is 3.89. The SMILES string of the molecule is COc1ccc([C@H](CC(C)C)NC(=O)c2ccc(C)c(NS(C)(=O)=O)c2)cc1. The van der Waals surface area contributed by atoms with Crippen LogP contribution in [0, 0.1) is 12.8 Å². The molecule has 0 radical (unpaired) electrons. The summed E-state index contributed by atoms with van der Waals surface area (Å²) in [6, 6.07) is 12.4. The maximum absolute atomic E-state index is 12.8. The standard InChI is InChI=1S/C21H28N2O4S/c1-14(2)12-20(16-8-10-18(27-4)11-9-16)22-21(24)17-7-6-15(3)19(13-17)23-28(5,25)26/h6-11,13-14,20,23H,12H2,1-5H3,(H,22,24)/t20-/m0/s1. The van der Waals surface area contributed by atoms with Gasteiger partial charge in [0.25, 0.3) is 5.91 Å². The van der Waals surface area contributed by atoms with Gasteiger partial charge < -0.3 is 10.1 Å². The number of nitrogens with one attached hydrogen (secondary N) is 2. The Labute approximate surface area is 167 Å². The van der Waals surface area contributed by atoms with Crippen LogP contribution in [-0.4, -0.2) is 27.7 Å². The van der Waals surface area contributed by atoms with E-state index >= 15 is 0 Å². The van der Waals surface area contributed by atoms with Gasteiger partial charge in [0.05, 0.1) is 25.1 Å². The molecule has 2 rings (SSSR count). The first-order valence-corrected chi connectivity index (χ1v) is 11.0. The Bertz CT molecular complexity index is 922. The van der Waals surface area contributed by atoms with Gasteiger partial charge >= 0.3 is 0 Å². The van der Waals surface area contributed by atoms with Gasteiger partial charge in [-0.3, -0.25) is 9.52 Å². The number of rotatable bonds is 8. The fourth-order valence-corrected chi connectivity index (χ4v) is 3.52. The number of hydrogen-bond acceptors (Lipinski definition) is 4. The van der Waals surface area contributed by atoms with E-state index in [0.29, 0.717) is 17.2 Å². The highest BCUT2D eigenvalue weighted by molar-refractivity contribution is 7.92. The van der Waals surface area contributed by atoms with Gasteiger partial charge in [0, 0.05) is 5.56 Å². The van der Waals surface area contributed by atoms with Crippen LogP contribution in [0.25, 0.3) is 0 Å². The lowest BCUT2D eigenvalue weighted by atomic mass is 9.96. The molecule has 2 aromatic carbocycles. The number of anilines is 1. The van der Waals surface area contributed by atoms with E-state index in [1.807, 2.05) is 24.3 Å². The van der Waals surface area contributed by atoms with Crippen molar-refractivity contribution in [1.29, 1.82) is 0 Å². The third-order valence-electron chi connectivity index (χ3n) is 4.33. The number of carbonyl (C=O) groups excluding carboxylic acids is 1. The van der Waals surface area contributed by atoms with Gasteiger partial charge in [-0.1, -0.05) is 32.0 Å². The Morgan fingerprint density at radius 2 is 1.75 bits per heavy atom. The van der Waals surface area contributed by atoms with Gasteiger partial charge in [0.15, 0.2) is 0 Å². The first kappa shape index (κ1) is 21.8. The molecule has 0 aromatic heterocycles.